The number of aromatic nitrogens is 2. The molecule has 0 bridgehead atoms. The summed E-state index contributed by atoms with van der Waals surface area (Å²) in [7, 11) is 0. The quantitative estimate of drug-likeness (QED) is 0.758. The molecular formula is C19H25N3O2S. The second-order valence-electron chi connectivity index (χ2n) is 6.56. The number of nitrogens with zero attached hydrogens (tertiary/aromatic N) is 3. The van der Waals surface area contributed by atoms with Crippen molar-refractivity contribution in [3.05, 3.63) is 46.5 Å². The van der Waals surface area contributed by atoms with Crippen molar-refractivity contribution in [2.45, 2.75) is 39.2 Å². The fourth-order valence-corrected chi connectivity index (χ4v) is 3.89. The SMILES string of the molecule is CCCc1nnsc1C(=O)N1CCCC(COCc2ccccc2)C1. The highest BCUT2D eigenvalue weighted by Gasteiger charge is 2.27. The van der Waals surface area contributed by atoms with Gasteiger partial charge in [0.15, 0.2) is 0 Å². The number of likely N-dealkylation sites (tertiary alicyclic amines) is 1. The Kier molecular flexibility index (Phi) is 6.53. The van der Waals surface area contributed by atoms with Crippen molar-refractivity contribution in [2.75, 3.05) is 19.7 Å². The van der Waals surface area contributed by atoms with Gasteiger partial charge in [-0.15, -0.1) is 5.10 Å². The summed E-state index contributed by atoms with van der Waals surface area (Å²) < 4.78 is 9.86. The van der Waals surface area contributed by atoms with Crippen LogP contribution in [0.4, 0.5) is 0 Å². The Hall–Kier alpha value is -1.79. The van der Waals surface area contributed by atoms with E-state index in [0.717, 1.165) is 44.5 Å². The Balaban J connectivity index is 1.52. The summed E-state index contributed by atoms with van der Waals surface area (Å²) in [6, 6.07) is 10.2. The summed E-state index contributed by atoms with van der Waals surface area (Å²) in [5.74, 6) is 0.489. The highest BCUT2D eigenvalue weighted by molar-refractivity contribution is 7.08. The third-order valence-electron chi connectivity index (χ3n) is 4.51. The van der Waals surface area contributed by atoms with E-state index in [4.69, 9.17) is 4.74 Å². The summed E-state index contributed by atoms with van der Waals surface area (Å²) in [6.07, 6.45) is 3.93. The first-order chi connectivity index (χ1) is 12.3. The zero-order valence-corrected chi connectivity index (χ0v) is 15.5. The zero-order chi connectivity index (χ0) is 17.5. The lowest BCUT2D eigenvalue weighted by molar-refractivity contribution is 0.0427. The molecule has 1 fully saturated rings. The second-order valence-corrected chi connectivity index (χ2v) is 7.31. The predicted octanol–water partition coefficient (Wildman–Crippen LogP) is 3.56. The minimum absolute atomic E-state index is 0.0891. The molecule has 2 heterocycles. The second kappa shape index (κ2) is 9.06. The van der Waals surface area contributed by atoms with E-state index in [2.05, 4.69) is 28.6 Å². The van der Waals surface area contributed by atoms with E-state index in [1.807, 2.05) is 23.1 Å². The van der Waals surface area contributed by atoms with Crippen molar-refractivity contribution in [3.8, 4) is 0 Å². The molecule has 25 heavy (non-hydrogen) atoms. The molecule has 5 nitrogen and oxygen atoms in total. The molecule has 3 rings (SSSR count). The Morgan fingerprint density at radius 3 is 3.00 bits per heavy atom. The van der Waals surface area contributed by atoms with Gasteiger partial charge in [0.05, 0.1) is 18.9 Å². The van der Waals surface area contributed by atoms with Gasteiger partial charge in [-0.1, -0.05) is 48.2 Å². The van der Waals surface area contributed by atoms with E-state index in [0.29, 0.717) is 24.0 Å². The normalized spacial score (nSPS) is 17.6. The monoisotopic (exact) mass is 359 g/mol. The molecule has 1 atom stereocenters. The molecule has 2 aromatic rings. The van der Waals surface area contributed by atoms with Crippen molar-refractivity contribution in [3.63, 3.8) is 0 Å². The van der Waals surface area contributed by atoms with Gasteiger partial charge in [-0.2, -0.15) is 0 Å². The molecule has 0 N–H and O–H groups in total. The summed E-state index contributed by atoms with van der Waals surface area (Å²) >= 11 is 1.22. The molecule has 0 spiro atoms. The van der Waals surface area contributed by atoms with Crippen LogP contribution in [-0.4, -0.2) is 40.1 Å². The number of rotatable bonds is 7. The van der Waals surface area contributed by atoms with Crippen LogP contribution in [-0.2, 0) is 17.8 Å². The Bertz CT molecular complexity index is 674. The van der Waals surface area contributed by atoms with Gasteiger partial charge in [-0.3, -0.25) is 4.79 Å². The van der Waals surface area contributed by atoms with E-state index in [9.17, 15) is 4.79 Å². The molecule has 1 aliphatic heterocycles. The van der Waals surface area contributed by atoms with E-state index < -0.39 is 0 Å². The van der Waals surface area contributed by atoms with Crippen molar-refractivity contribution in [1.82, 2.24) is 14.5 Å². The topological polar surface area (TPSA) is 55.3 Å². The van der Waals surface area contributed by atoms with Crippen LogP contribution in [0.25, 0.3) is 0 Å². The standard InChI is InChI=1S/C19H25N3O2S/c1-2-7-17-18(25-21-20-17)19(23)22-11-6-10-16(12-22)14-24-13-15-8-4-3-5-9-15/h3-5,8-9,16H,2,6-7,10-14H2,1H3. The predicted molar refractivity (Wildman–Crippen MR) is 98.6 cm³/mol. The Morgan fingerprint density at radius 1 is 1.36 bits per heavy atom. The average Bonchev–Trinajstić information content (AvgIpc) is 3.11. The van der Waals surface area contributed by atoms with Gasteiger partial charge in [0.2, 0.25) is 0 Å². The largest absolute Gasteiger partial charge is 0.376 e. The van der Waals surface area contributed by atoms with Crippen molar-refractivity contribution >= 4 is 17.4 Å². The summed E-state index contributed by atoms with van der Waals surface area (Å²) in [6.45, 7) is 5.00. The van der Waals surface area contributed by atoms with E-state index in [1.165, 1.54) is 17.1 Å². The highest BCUT2D eigenvalue weighted by Crippen LogP contribution is 2.22. The van der Waals surface area contributed by atoms with Gasteiger partial charge in [0, 0.05) is 13.1 Å². The van der Waals surface area contributed by atoms with Crippen LogP contribution in [0.1, 0.15) is 47.1 Å². The highest BCUT2D eigenvalue weighted by atomic mass is 32.1. The van der Waals surface area contributed by atoms with Gasteiger partial charge < -0.3 is 9.64 Å². The molecule has 0 saturated carbocycles. The number of carbonyl (C=O) groups excluding carboxylic acids is 1. The summed E-state index contributed by atoms with van der Waals surface area (Å²) in [5.41, 5.74) is 2.03. The van der Waals surface area contributed by atoms with Crippen molar-refractivity contribution in [2.24, 2.45) is 5.92 Å². The fraction of sp³-hybridized carbons (Fsp3) is 0.526. The lowest BCUT2D eigenvalue weighted by Gasteiger charge is -2.32. The molecule has 1 amide bonds. The van der Waals surface area contributed by atoms with Crippen LogP contribution >= 0.6 is 11.5 Å². The molecule has 1 saturated heterocycles. The average molecular weight is 359 g/mol. The molecule has 1 aromatic heterocycles. The third kappa shape index (κ3) is 4.86. The van der Waals surface area contributed by atoms with Crippen molar-refractivity contribution < 1.29 is 9.53 Å². The van der Waals surface area contributed by atoms with Crippen molar-refractivity contribution in [1.29, 1.82) is 0 Å². The molecule has 1 unspecified atom stereocenters. The molecule has 6 heteroatoms. The minimum atomic E-state index is 0.0891. The van der Waals surface area contributed by atoms with Crippen LogP contribution in [0, 0.1) is 5.92 Å². The first-order valence-electron chi connectivity index (χ1n) is 9.00. The fourth-order valence-electron chi connectivity index (χ4n) is 3.22. The maximum Gasteiger partial charge on any atom is 0.267 e. The molecule has 0 radical (unpaired) electrons. The maximum atomic E-state index is 12.8. The zero-order valence-electron chi connectivity index (χ0n) is 14.7. The van der Waals surface area contributed by atoms with Crippen LogP contribution in [0.15, 0.2) is 30.3 Å². The number of piperidine rings is 1. The lowest BCUT2D eigenvalue weighted by atomic mass is 9.98. The smallest absolute Gasteiger partial charge is 0.267 e. The number of carbonyl (C=O) groups is 1. The minimum Gasteiger partial charge on any atom is -0.376 e. The van der Waals surface area contributed by atoms with Crippen LogP contribution in [0.5, 0.6) is 0 Å². The Morgan fingerprint density at radius 2 is 2.20 bits per heavy atom. The molecular weight excluding hydrogens is 334 g/mol. The Labute approximate surface area is 153 Å². The first-order valence-corrected chi connectivity index (χ1v) is 9.77. The number of benzene rings is 1. The summed E-state index contributed by atoms with van der Waals surface area (Å²) in [5, 5.41) is 4.12. The van der Waals surface area contributed by atoms with E-state index >= 15 is 0 Å². The number of amides is 1. The number of hydrogen-bond donors (Lipinski definition) is 0. The molecule has 134 valence electrons. The van der Waals surface area contributed by atoms with E-state index in [-0.39, 0.29) is 5.91 Å². The third-order valence-corrected chi connectivity index (χ3v) is 5.26. The van der Waals surface area contributed by atoms with Crippen LogP contribution in [0.3, 0.4) is 0 Å². The first kappa shape index (κ1) is 18.0. The number of aryl methyl sites for hydroxylation is 1. The number of hydrogen-bond acceptors (Lipinski definition) is 5. The van der Waals surface area contributed by atoms with Crippen LogP contribution < -0.4 is 0 Å². The van der Waals surface area contributed by atoms with Gasteiger partial charge in [-0.05, 0) is 42.3 Å². The van der Waals surface area contributed by atoms with E-state index in [1.54, 1.807) is 0 Å². The van der Waals surface area contributed by atoms with Gasteiger partial charge in [-0.25, -0.2) is 0 Å². The maximum absolute atomic E-state index is 12.8. The molecule has 1 aliphatic rings. The summed E-state index contributed by atoms with van der Waals surface area (Å²) in [4.78, 5) is 15.5. The van der Waals surface area contributed by atoms with Gasteiger partial charge in [0.25, 0.3) is 5.91 Å². The molecule has 0 aliphatic carbocycles. The van der Waals surface area contributed by atoms with Gasteiger partial charge in [0.1, 0.15) is 4.88 Å². The van der Waals surface area contributed by atoms with Crippen LogP contribution in [0.2, 0.25) is 0 Å². The van der Waals surface area contributed by atoms with Gasteiger partial charge >= 0.3 is 0 Å². The number of ether oxygens (including phenoxy) is 1. The molecule has 1 aromatic carbocycles. The lowest BCUT2D eigenvalue weighted by Crippen LogP contribution is -2.41.